The Hall–Kier alpha value is -2.62. The van der Waals surface area contributed by atoms with Crippen LogP contribution in [-0.4, -0.2) is 16.7 Å². The number of pyridine rings is 2. The van der Waals surface area contributed by atoms with Crippen molar-refractivity contribution in [1.82, 2.24) is 9.55 Å². The second-order valence-electron chi connectivity index (χ2n) is 4.89. The summed E-state index contributed by atoms with van der Waals surface area (Å²) in [6.07, 6.45) is 0. The summed E-state index contributed by atoms with van der Waals surface area (Å²) >= 11 is 0. The zero-order valence-corrected chi connectivity index (χ0v) is 11.0. The molecule has 1 aliphatic heterocycles. The van der Waals surface area contributed by atoms with Crippen molar-refractivity contribution in [3.05, 3.63) is 58.4 Å². The molecule has 3 heterocycles. The quantitative estimate of drug-likeness (QED) is 0.530. The third kappa shape index (κ3) is 1.48. The Kier molecular flexibility index (Phi) is 2.21. The van der Waals surface area contributed by atoms with Gasteiger partial charge in [0.05, 0.1) is 30.6 Å². The monoisotopic (exact) mass is 264 g/mol. The first kappa shape index (κ1) is 11.2. The molecule has 1 aliphatic rings. The van der Waals surface area contributed by atoms with E-state index in [0.29, 0.717) is 6.54 Å². The smallest absolute Gasteiger partial charge is 0.251 e. The topological polar surface area (TPSA) is 44.1 Å². The molecule has 0 bridgehead atoms. The number of ether oxygens (including phenoxy) is 1. The summed E-state index contributed by atoms with van der Waals surface area (Å²) in [4.78, 5) is 16.6. The second kappa shape index (κ2) is 3.93. The number of aromatic nitrogens is 2. The highest BCUT2D eigenvalue weighted by molar-refractivity contribution is 5.85. The van der Waals surface area contributed by atoms with Gasteiger partial charge in [-0.2, -0.15) is 0 Å². The Morgan fingerprint density at radius 1 is 1.20 bits per heavy atom. The van der Waals surface area contributed by atoms with Crippen molar-refractivity contribution < 1.29 is 4.74 Å². The predicted molar refractivity (Wildman–Crippen MR) is 77.1 cm³/mol. The van der Waals surface area contributed by atoms with Gasteiger partial charge in [-0.05, 0) is 30.3 Å². The van der Waals surface area contributed by atoms with E-state index in [1.807, 2.05) is 24.3 Å². The van der Waals surface area contributed by atoms with Crippen LogP contribution < -0.4 is 10.3 Å². The number of hydrogen-bond acceptors (Lipinski definition) is 3. The number of methoxy groups -OCH3 is 1. The van der Waals surface area contributed by atoms with Crippen molar-refractivity contribution in [3.63, 3.8) is 0 Å². The highest BCUT2D eigenvalue weighted by Gasteiger charge is 2.20. The zero-order chi connectivity index (χ0) is 13.7. The van der Waals surface area contributed by atoms with Gasteiger partial charge in [0.15, 0.2) is 0 Å². The Morgan fingerprint density at radius 3 is 2.95 bits per heavy atom. The molecular formula is C16H12N2O2. The molecule has 3 aromatic rings. The molecule has 1 aromatic carbocycles. The minimum absolute atomic E-state index is 0.0159. The van der Waals surface area contributed by atoms with Gasteiger partial charge in [-0.3, -0.25) is 4.79 Å². The van der Waals surface area contributed by atoms with Crippen LogP contribution in [-0.2, 0) is 6.54 Å². The van der Waals surface area contributed by atoms with Crippen LogP contribution in [0.4, 0.5) is 0 Å². The highest BCUT2D eigenvalue weighted by atomic mass is 16.5. The van der Waals surface area contributed by atoms with E-state index < -0.39 is 0 Å². The lowest BCUT2D eigenvalue weighted by Crippen LogP contribution is -2.16. The van der Waals surface area contributed by atoms with E-state index >= 15 is 0 Å². The number of benzene rings is 1. The van der Waals surface area contributed by atoms with Crippen LogP contribution in [0.15, 0.2) is 47.3 Å². The van der Waals surface area contributed by atoms with Crippen LogP contribution in [0, 0.1) is 0 Å². The molecule has 0 spiro atoms. The summed E-state index contributed by atoms with van der Waals surface area (Å²) in [5.41, 5.74) is 3.80. The van der Waals surface area contributed by atoms with Crippen LogP contribution in [0.25, 0.3) is 22.3 Å². The molecule has 0 aliphatic carbocycles. The molecule has 0 saturated heterocycles. The summed E-state index contributed by atoms with van der Waals surface area (Å²) in [6.45, 7) is 0.588. The van der Waals surface area contributed by atoms with Crippen molar-refractivity contribution in [2.24, 2.45) is 0 Å². The summed E-state index contributed by atoms with van der Waals surface area (Å²) in [7, 11) is 1.65. The molecule has 20 heavy (non-hydrogen) atoms. The highest BCUT2D eigenvalue weighted by Crippen LogP contribution is 2.31. The average molecular weight is 264 g/mol. The lowest BCUT2D eigenvalue weighted by molar-refractivity contribution is 0.415. The first-order valence-corrected chi connectivity index (χ1v) is 6.44. The van der Waals surface area contributed by atoms with Crippen LogP contribution in [0.2, 0.25) is 0 Å². The Balaban J connectivity index is 2.00. The van der Waals surface area contributed by atoms with E-state index in [2.05, 4.69) is 6.07 Å². The van der Waals surface area contributed by atoms with Crippen LogP contribution >= 0.6 is 0 Å². The fourth-order valence-electron chi connectivity index (χ4n) is 2.73. The molecule has 0 saturated carbocycles. The lowest BCUT2D eigenvalue weighted by atomic mass is 10.1. The average Bonchev–Trinajstić information content (AvgIpc) is 2.83. The molecule has 98 valence electrons. The number of nitrogens with zero attached hydrogens (tertiary/aromatic N) is 2. The normalized spacial score (nSPS) is 12.2. The standard InChI is InChI=1S/C16H12N2O2/c1-20-12-5-6-13-10(8-12)7-11-9-18-14(16(11)17-13)3-2-4-15(18)19/h2-8H,9H2,1H3. The summed E-state index contributed by atoms with van der Waals surface area (Å²) in [6, 6.07) is 13.2. The summed E-state index contributed by atoms with van der Waals surface area (Å²) < 4.78 is 7.00. The van der Waals surface area contributed by atoms with E-state index in [1.54, 1.807) is 23.8 Å². The first-order valence-electron chi connectivity index (χ1n) is 6.44. The molecular weight excluding hydrogens is 252 g/mol. The van der Waals surface area contributed by atoms with Crippen molar-refractivity contribution in [2.75, 3.05) is 7.11 Å². The van der Waals surface area contributed by atoms with Crippen LogP contribution in [0.1, 0.15) is 5.56 Å². The molecule has 2 aromatic heterocycles. The molecule has 0 radical (unpaired) electrons. The molecule has 0 unspecified atom stereocenters. The van der Waals surface area contributed by atoms with E-state index in [9.17, 15) is 4.79 Å². The van der Waals surface area contributed by atoms with Gasteiger partial charge in [-0.25, -0.2) is 4.98 Å². The third-order valence-electron chi connectivity index (χ3n) is 3.72. The minimum atomic E-state index is 0.0159. The van der Waals surface area contributed by atoms with E-state index in [-0.39, 0.29) is 5.56 Å². The fourth-order valence-corrected chi connectivity index (χ4v) is 2.73. The molecule has 4 nitrogen and oxygen atoms in total. The van der Waals surface area contributed by atoms with E-state index in [0.717, 1.165) is 33.6 Å². The van der Waals surface area contributed by atoms with Gasteiger partial charge in [0.1, 0.15) is 5.75 Å². The van der Waals surface area contributed by atoms with Gasteiger partial charge in [0.25, 0.3) is 5.56 Å². The maximum Gasteiger partial charge on any atom is 0.251 e. The second-order valence-corrected chi connectivity index (χ2v) is 4.89. The Morgan fingerprint density at radius 2 is 2.10 bits per heavy atom. The lowest BCUT2D eigenvalue weighted by Gasteiger charge is -2.04. The molecule has 0 N–H and O–H groups in total. The molecule has 0 fully saturated rings. The van der Waals surface area contributed by atoms with Gasteiger partial charge in [0.2, 0.25) is 0 Å². The molecule has 4 heteroatoms. The maximum absolute atomic E-state index is 11.9. The molecule has 0 atom stereocenters. The van der Waals surface area contributed by atoms with Gasteiger partial charge in [0, 0.05) is 17.0 Å². The van der Waals surface area contributed by atoms with Gasteiger partial charge in [-0.15, -0.1) is 0 Å². The van der Waals surface area contributed by atoms with Crippen molar-refractivity contribution in [1.29, 1.82) is 0 Å². The van der Waals surface area contributed by atoms with Crippen molar-refractivity contribution in [2.45, 2.75) is 6.54 Å². The molecule has 0 amide bonds. The fraction of sp³-hybridized carbons (Fsp3) is 0.125. The largest absolute Gasteiger partial charge is 0.497 e. The van der Waals surface area contributed by atoms with Crippen molar-refractivity contribution >= 4 is 10.9 Å². The van der Waals surface area contributed by atoms with Gasteiger partial charge >= 0.3 is 0 Å². The van der Waals surface area contributed by atoms with E-state index in [1.165, 1.54) is 0 Å². The SMILES string of the molecule is COc1ccc2nc3c(cc2c1)Cn1c-3cccc1=O. The third-order valence-corrected chi connectivity index (χ3v) is 3.72. The number of fused-ring (bicyclic) bond motifs is 4. The number of rotatable bonds is 1. The van der Waals surface area contributed by atoms with Crippen molar-refractivity contribution in [3.8, 4) is 17.1 Å². The molecule has 4 rings (SSSR count). The number of hydrogen-bond donors (Lipinski definition) is 0. The van der Waals surface area contributed by atoms with Crippen LogP contribution in [0.3, 0.4) is 0 Å². The predicted octanol–water partition coefficient (Wildman–Crippen LogP) is 2.43. The van der Waals surface area contributed by atoms with E-state index in [4.69, 9.17) is 9.72 Å². The van der Waals surface area contributed by atoms with Gasteiger partial charge in [-0.1, -0.05) is 6.07 Å². The summed E-state index contributed by atoms with van der Waals surface area (Å²) in [5.74, 6) is 0.812. The van der Waals surface area contributed by atoms with Gasteiger partial charge < -0.3 is 9.30 Å². The minimum Gasteiger partial charge on any atom is -0.497 e. The van der Waals surface area contributed by atoms with Crippen LogP contribution in [0.5, 0.6) is 5.75 Å². The Bertz CT molecular complexity index is 897. The Labute approximate surface area is 115 Å². The zero-order valence-electron chi connectivity index (χ0n) is 11.0. The summed E-state index contributed by atoms with van der Waals surface area (Å²) in [5, 5.41) is 1.03. The maximum atomic E-state index is 11.9. The first-order chi connectivity index (χ1) is 9.76.